The monoisotopic (exact) mass is 351 g/mol. The van der Waals surface area contributed by atoms with Crippen molar-refractivity contribution in [3.8, 4) is 11.3 Å². The van der Waals surface area contributed by atoms with Crippen molar-refractivity contribution in [2.75, 3.05) is 13.2 Å². The number of fused-ring (bicyclic) bond motifs is 1. The highest BCUT2D eigenvalue weighted by atomic mass is 32.1. The lowest BCUT2D eigenvalue weighted by Crippen LogP contribution is -2.11. The molecule has 23 heavy (non-hydrogen) atoms. The highest BCUT2D eigenvalue weighted by Crippen LogP contribution is 2.51. The van der Waals surface area contributed by atoms with Gasteiger partial charge in [-0.05, 0) is 26.3 Å². The lowest BCUT2D eigenvalue weighted by atomic mass is 10.1. The van der Waals surface area contributed by atoms with Crippen LogP contribution in [0.15, 0.2) is 30.6 Å². The van der Waals surface area contributed by atoms with Crippen LogP contribution in [0.1, 0.15) is 19.4 Å². The second kappa shape index (κ2) is 6.53. The van der Waals surface area contributed by atoms with E-state index in [4.69, 9.17) is 9.05 Å². The summed E-state index contributed by atoms with van der Waals surface area (Å²) in [5, 5.41) is 4.27. The molecule has 0 aliphatic heterocycles. The van der Waals surface area contributed by atoms with Crippen LogP contribution in [0, 0.1) is 6.92 Å². The number of aryl methyl sites for hydroxylation is 1. The van der Waals surface area contributed by atoms with Crippen molar-refractivity contribution >= 4 is 28.5 Å². The normalized spacial score (nSPS) is 12.1. The summed E-state index contributed by atoms with van der Waals surface area (Å²) in [5.74, 6) is 0. The first kappa shape index (κ1) is 16.3. The van der Waals surface area contributed by atoms with Crippen LogP contribution in [-0.4, -0.2) is 27.8 Å². The number of benzene rings is 1. The Labute approximate surface area is 138 Å². The topological polar surface area (TPSA) is 65.7 Å². The molecule has 2 heterocycles. The van der Waals surface area contributed by atoms with Crippen LogP contribution in [0.3, 0.4) is 0 Å². The van der Waals surface area contributed by atoms with E-state index in [-0.39, 0.29) is 0 Å². The standard InChI is InChI=1S/C15H18N3O3PS/c1-4-20-22(19,21-5-2)14-13(12-9-7-6-8-11(12)3)18-15(23-14)16-10-17-18/h6-10H,4-5H2,1-3H3. The molecule has 0 spiro atoms. The van der Waals surface area contributed by atoms with Crippen LogP contribution in [0.4, 0.5) is 0 Å². The van der Waals surface area contributed by atoms with E-state index in [1.807, 2.05) is 31.2 Å². The van der Waals surface area contributed by atoms with Gasteiger partial charge in [0.15, 0.2) is 0 Å². The van der Waals surface area contributed by atoms with E-state index in [2.05, 4.69) is 10.1 Å². The molecular formula is C15H18N3O3PS. The van der Waals surface area contributed by atoms with Crippen molar-refractivity contribution in [2.45, 2.75) is 20.8 Å². The molecule has 3 rings (SSSR count). The molecule has 8 heteroatoms. The van der Waals surface area contributed by atoms with E-state index < -0.39 is 7.60 Å². The van der Waals surface area contributed by atoms with Gasteiger partial charge in [-0.25, -0.2) is 9.50 Å². The lowest BCUT2D eigenvalue weighted by molar-refractivity contribution is 0.230. The average Bonchev–Trinajstić information content (AvgIpc) is 3.09. The molecule has 122 valence electrons. The molecule has 0 saturated heterocycles. The fraction of sp³-hybridized carbons (Fsp3) is 0.333. The van der Waals surface area contributed by atoms with Crippen LogP contribution in [-0.2, 0) is 13.6 Å². The molecule has 0 N–H and O–H groups in total. The molecule has 0 radical (unpaired) electrons. The summed E-state index contributed by atoms with van der Waals surface area (Å²) < 4.78 is 26.6. The third kappa shape index (κ3) is 2.85. The minimum Gasteiger partial charge on any atom is -0.305 e. The Kier molecular flexibility index (Phi) is 4.64. The van der Waals surface area contributed by atoms with Gasteiger partial charge in [0.25, 0.3) is 0 Å². The summed E-state index contributed by atoms with van der Waals surface area (Å²) in [5.41, 5.74) is 2.73. The summed E-state index contributed by atoms with van der Waals surface area (Å²) in [7, 11) is -3.42. The van der Waals surface area contributed by atoms with Crippen molar-refractivity contribution in [3.05, 3.63) is 36.2 Å². The average molecular weight is 351 g/mol. The maximum Gasteiger partial charge on any atom is 0.373 e. The van der Waals surface area contributed by atoms with Crippen molar-refractivity contribution in [2.24, 2.45) is 0 Å². The maximum atomic E-state index is 13.3. The predicted octanol–water partition coefficient (Wildman–Crippen LogP) is 3.66. The summed E-state index contributed by atoms with van der Waals surface area (Å²) >= 11 is 1.30. The number of hydrogen-bond acceptors (Lipinski definition) is 6. The zero-order valence-corrected chi connectivity index (χ0v) is 14.9. The summed E-state index contributed by atoms with van der Waals surface area (Å²) in [6.45, 7) is 6.22. The van der Waals surface area contributed by atoms with E-state index in [0.717, 1.165) is 16.8 Å². The molecule has 0 aliphatic rings. The molecule has 0 fully saturated rings. The second-order valence-corrected chi connectivity index (χ2v) is 8.10. The number of nitrogens with zero attached hydrogens (tertiary/aromatic N) is 3. The van der Waals surface area contributed by atoms with E-state index >= 15 is 0 Å². The molecule has 0 aliphatic carbocycles. The third-order valence-corrected chi connectivity index (χ3v) is 7.06. The van der Waals surface area contributed by atoms with Gasteiger partial charge in [0.05, 0.1) is 13.2 Å². The van der Waals surface area contributed by atoms with Gasteiger partial charge >= 0.3 is 7.60 Å². The van der Waals surface area contributed by atoms with Gasteiger partial charge in [-0.1, -0.05) is 35.6 Å². The first-order chi connectivity index (χ1) is 11.1. The van der Waals surface area contributed by atoms with E-state index in [1.165, 1.54) is 17.7 Å². The molecule has 2 aromatic heterocycles. The second-order valence-electron chi connectivity index (χ2n) is 4.86. The Morgan fingerprint density at radius 2 is 1.91 bits per heavy atom. The smallest absolute Gasteiger partial charge is 0.305 e. The lowest BCUT2D eigenvalue weighted by Gasteiger charge is -2.17. The van der Waals surface area contributed by atoms with Crippen molar-refractivity contribution in [3.63, 3.8) is 0 Å². The zero-order valence-electron chi connectivity index (χ0n) is 13.2. The molecule has 1 aromatic carbocycles. The fourth-order valence-corrected chi connectivity index (χ4v) is 5.69. The molecule has 6 nitrogen and oxygen atoms in total. The molecule has 0 unspecified atom stereocenters. The Morgan fingerprint density at radius 3 is 2.57 bits per heavy atom. The number of hydrogen-bond donors (Lipinski definition) is 0. The van der Waals surface area contributed by atoms with Crippen LogP contribution in [0.25, 0.3) is 16.2 Å². The minimum atomic E-state index is -3.42. The Balaban J connectivity index is 2.30. The van der Waals surface area contributed by atoms with Gasteiger partial charge in [0, 0.05) is 5.56 Å². The maximum absolute atomic E-state index is 13.3. The largest absolute Gasteiger partial charge is 0.373 e. The van der Waals surface area contributed by atoms with E-state index in [1.54, 1.807) is 18.4 Å². The Hall–Kier alpha value is -1.53. The fourth-order valence-electron chi connectivity index (χ4n) is 2.43. The summed E-state index contributed by atoms with van der Waals surface area (Å²) in [4.78, 5) is 4.89. The molecule has 3 aromatic rings. The molecule has 0 bridgehead atoms. The molecular weight excluding hydrogens is 333 g/mol. The van der Waals surface area contributed by atoms with Crippen molar-refractivity contribution in [1.29, 1.82) is 0 Å². The van der Waals surface area contributed by atoms with E-state index in [9.17, 15) is 4.57 Å². The van der Waals surface area contributed by atoms with Crippen LogP contribution < -0.4 is 4.62 Å². The zero-order chi connectivity index (χ0) is 16.4. The highest BCUT2D eigenvalue weighted by molar-refractivity contribution is 7.69. The summed E-state index contributed by atoms with van der Waals surface area (Å²) in [6.07, 6.45) is 1.49. The van der Waals surface area contributed by atoms with Crippen LogP contribution in [0.5, 0.6) is 0 Å². The summed E-state index contributed by atoms with van der Waals surface area (Å²) in [6, 6.07) is 7.89. The van der Waals surface area contributed by atoms with Gasteiger partial charge < -0.3 is 9.05 Å². The van der Waals surface area contributed by atoms with Gasteiger partial charge in [-0.15, -0.1) is 0 Å². The Bertz CT molecular complexity index is 864. The van der Waals surface area contributed by atoms with Crippen molar-refractivity contribution in [1.82, 2.24) is 14.6 Å². The Morgan fingerprint density at radius 1 is 1.22 bits per heavy atom. The van der Waals surface area contributed by atoms with Crippen LogP contribution >= 0.6 is 18.9 Å². The van der Waals surface area contributed by atoms with Gasteiger partial charge in [-0.2, -0.15) is 5.10 Å². The predicted molar refractivity (Wildman–Crippen MR) is 91.5 cm³/mol. The number of rotatable bonds is 6. The number of thiazole rings is 1. The third-order valence-electron chi connectivity index (χ3n) is 3.37. The molecule has 0 atom stereocenters. The van der Waals surface area contributed by atoms with Crippen LogP contribution in [0.2, 0.25) is 0 Å². The highest BCUT2D eigenvalue weighted by Gasteiger charge is 2.35. The van der Waals surface area contributed by atoms with Crippen molar-refractivity contribution < 1.29 is 13.6 Å². The first-order valence-corrected chi connectivity index (χ1v) is 9.74. The first-order valence-electron chi connectivity index (χ1n) is 7.39. The van der Waals surface area contributed by atoms with Gasteiger partial charge in [0.1, 0.15) is 16.6 Å². The molecule has 0 saturated carbocycles. The van der Waals surface area contributed by atoms with E-state index in [0.29, 0.717) is 22.8 Å². The van der Waals surface area contributed by atoms with Gasteiger partial charge in [0.2, 0.25) is 4.96 Å². The SMILES string of the molecule is CCOP(=O)(OCC)c1sc2ncnn2c1-c1ccccc1C. The minimum absolute atomic E-state index is 0.304. The molecule has 0 amide bonds. The number of aromatic nitrogens is 3. The quantitative estimate of drug-likeness (QED) is 0.634. The van der Waals surface area contributed by atoms with Gasteiger partial charge in [-0.3, -0.25) is 4.57 Å².